The Morgan fingerprint density at radius 2 is 0.820 bits per heavy atom. The highest BCUT2D eigenvalue weighted by atomic mass is 19.4. The molecule has 4 aromatic heterocycles. The van der Waals surface area contributed by atoms with Crippen LogP contribution in [0.5, 0.6) is 0 Å². The molecule has 0 saturated carbocycles. The third kappa shape index (κ3) is 19.9. The molecule has 0 aliphatic carbocycles. The number of hydrogen-bond acceptors (Lipinski definition) is 12. The Balaban J connectivity index is 0.000000233. The Morgan fingerprint density at radius 3 is 1.14 bits per heavy atom. The second kappa shape index (κ2) is 31.2. The van der Waals surface area contributed by atoms with Crippen LogP contribution in [0.1, 0.15) is 173 Å². The van der Waals surface area contributed by atoms with E-state index >= 15 is 0 Å². The number of halogens is 6. The van der Waals surface area contributed by atoms with E-state index in [1.807, 2.05) is 45.4 Å². The number of piperidine rings is 2. The lowest BCUT2D eigenvalue weighted by Gasteiger charge is -2.31. The predicted molar refractivity (Wildman–Crippen MR) is 364 cm³/mol. The average molecular weight is 1380 g/mol. The molecule has 0 bridgehead atoms. The molecule has 4 N–H and O–H groups in total. The van der Waals surface area contributed by atoms with E-state index in [1.54, 1.807) is 141 Å². The van der Waals surface area contributed by atoms with Gasteiger partial charge in [0.25, 0.3) is 11.8 Å². The van der Waals surface area contributed by atoms with Crippen LogP contribution in [0.2, 0.25) is 0 Å². The summed E-state index contributed by atoms with van der Waals surface area (Å²) >= 11 is 0. The second-order valence-corrected chi connectivity index (χ2v) is 26.9. The number of alkyl halides is 6. The highest BCUT2D eigenvalue weighted by Gasteiger charge is 2.33. The molecule has 4 aromatic carbocycles. The van der Waals surface area contributed by atoms with E-state index in [0.717, 1.165) is 83.3 Å². The molecule has 2 atom stereocenters. The molecule has 2 aliphatic heterocycles. The number of amides is 6. The summed E-state index contributed by atoms with van der Waals surface area (Å²) < 4.78 is 96.1. The molecular weight excluding hydrogens is 1300 g/mol. The van der Waals surface area contributed by atoms with Gasteiger partial charge in [-0.15, -0.1) is 0 Å². The maximum atomic E-state index is 13.6. The fourth-order valence-corrected chi connectivity index (χ4v) is 11.7. The minimum atomic E-state index is -4.55. The first-order chi connectivity index (χ1) is 47.1. The van der Waals surface area contributed by atoms with Crippen LogP contribution in [0.15, 0.2) is 147 Å². The minimum Gasteiger partial charge on any atom is -0.444 e. The van der Waals surface area contributed by atoms with Gasteiger partial charge in [0.1, 0.15) is 11.2 Å². The van der Waals surface area contributed by atoms with E-state index in [2.05, 4.69) is 41.4 Å². The van der Waals surface area contributed by atoms with E-state index in [-0.39, 0.29) is 48.8 Å². The lowest BCUT2D eigenvalue weighted by Crippen LogP contribution is -2.37. The lowest BCUT2D eigenvalue weighted by molar-refractivity contribution is -0.138. The quantitative estimate of drug-likeness (QED) is 0.0661. The van der Waals surface area contributed by atoms with Crippen molar-refractivity contribution in [2.45, 2.75) is 156 Å². The van der Waals surface area contributed by atoms with Gasteiger partial charge in [-0.25, -0.2) is 9.59 Å². The highest BCUT2D eigenvalue weighted by Crippen LogP contribution is 2.38. The zero-order valence-corrected chi connectivity index (χ0v) is 57.3. The van der Waals surface area contributed by atoms with Crippen LogP contribution in [0.3, 0.4) is 0 Å². The van der Waals surface area contributed by atoms with Crippen LogP contribution in [-0.4, -0.2) is 113 Å². The van der Waals surface area contributed by atoms with Crippen LogP contribution in [0, 0.1) is 0 Å². The average Bonchev–Trinajstić information content (AvgIpc) is 0.872. The van der Waals surface area contributed by atoms with Gasteiger partial charge in [0.15, 0.2) is 0 Å². The maximum absolute atomic E-state index is 13.6. The molecule has 2 saturated heterocycles. The van der Waals surface area contributed by atoms with Gasteiger partial charge in [-0.2, -0.15) is 36.5 Å². The number of nitrogens with zero attached hydrogens (tertiary/aromatic N) is 8. The van der Waals surface area contributed by atoms with Gasteiger partial charge in [-0.05, 0) is 162 Å². The standard InChI is InChI=1S/2C37H41F3N6O4/c2*1-23(44-34(48)29-16-28(18-41-19-29)30-21-43-46(22-30)32-12-14-45(15-13-32)24(2)47)25-6-8-26(9-7-25)33-17-31(37(38,39)40)11-10-27(33)20-42-35(49)50-36(3,4)5/h2*6-11,16-19,21-23,32H,12-15,20H2,1-5H3,(H,42,49)(H,44,48)/t2*23-/m11/s1. The molecule has 20 nitrogen and oxygen atoms in total. The Morgan fingerprint density at radius 1 is 0.470 bits per heavy atom. The summed E-state index contributed by atoms with van der Waals surface area (Å²) in [5.41, 5.74) is 4.86. The fourth-order valence-electron chi connectivity index (χ4n) is 11.7. The van der Waals surface area contributed by atoms with Gasteiger partial charge in [0.2, 0.25) is 11.8 Å². The second-order valence-electron chi connectivity index (χ2n) is 26.9. The highest BCUT2D eigenvalue weighted by molar-refractivity contribution is 5.96. The SMILES string of the molecule is CC(=O)N1CCC(n2cc(-c3cncc(C(=O)N[C@H](C)c4ccc(-c5cc(C(F)(F)F)ccc5CNC(=O)OC(C)(C)C)cc4)c3)cn2)CC1.CC(=O)N1CCC(n2cc(-c3cncc(C(=O)N[C@H](C)c4ccc(-c5cc(C(F)(F)F)ccc5CNC(=O)OC(C)(C)C)cc4)c3)cn2)CC1. The van der Waals surface area contributed by atoms with Crippen molar-refractivity contribution in [3.63, 3.8) is 0 Å². The zero-order chi connectivity index (χ0) is 72.4. The first-order valence-corrected chi connectivity index (χ1v) is 32.8. The van der Waals surface area contributed by atoms with Gasteiger partial charge in [0.05, 0.1) is 58.8 Å². The molecule has 2 fully saturated rings. The Labute approximate surface area is 576 Å². The van der Waals surface area contributed by atoms with Crippen molar-refractivity contribution in [1.29, 1.82) is 0 Å². The molecule has 8 aromatic rings. The first kappa shape index (κ1) is 73.8. The van der Waals surface area contributed by atoms with Crippen molar-refractivity contribution in [3.05, 3.63) is 191 Å². The molecule has 6 heterocycles. The van der Waals surface area contributed by atoms with Crippen LogP contribution in [0.25, 0.3) is 44.5 Å². The molecule has 0 radical (unpaired) electrons. The van der Waals surface area contributed by atoms with Crippen molar-refractivity contribution in [2.24, 2.45) is 0 Å². The Hall–Kier alpha value is -10.4. The van der Waals surface area contributed by atoms with E-state index < -0.39 is 59.0 Å². The number of benzene rings is 4. The third-order valence-corrected chi connectivity index (χ3v) is 17.1. The number of aromatic nitrogens is 6. The number of hydrogen-bond donors (Lipinski definition) is 4. The Kier molecular flexibility index (Phi) is 23.0. The molecular formula is C74H82F6N12O8. The number of carbonyl (C=O) groups excluding carboxylic acids is 6. The summed E-state index contributed by atoms with van der Waals surface area (Å²) in [4.78, 5) is 86.6. The number of ether oxygens (including phenoxy) is 2. The number of alkyl carbamates (subject to hydrolysis) is 2. The largest absolute Gasteiger partial charge is 0.444 e. The fraction of sp³-hybridized carbons (Fsp3) is 0.378. The molecule has 10 rings (SSSR count). The van der Waals surface area contributed by atoms with Crippen LogP contribution in [-0.2, 0) is 44.5 Å². The molecule has 2 aliphatic rings. The molecule has 528 valence electrons. The smallest absolute Gasteiger partial charge is 0.416 e. The molecule has 0 unspecified atom stereocenters. The Bertz CT molecular complexity index is 3950. The third-order valence-electron chi connectivity index (χ3n) is 17.1. The van der Waals surface area contributed by atoms with Crippen LogP contribution in [0.4, 0.5) is 35.9 Å². The normalized spacial score (nSPS) is 14.6. The van der Waals surface area contributed by atoms with E-state index in [4.69, 9.17) is 9.47 Å². The number of rotatable bonds is 16. The van der Waals surface area contributed by atoms with Crippen LogP contribution < -0.4 is 21.3 Å². The summed E-state index contributed by atoms with van der Waals surface area (Å²) in [7, 11) is 0. The number of likely N-dealkylation sites (tertiary alicyclic amines) is 2. The van der Waals surface area contributed by atoms with E-state index in [1.165, 1.54) is 24.5 Å². The predicted octanol–water partition coefficient (Wildman–Crippen LogP) is 14.7. The summed E-state index contributed by atoms with van der Waals surface area (Å²) in [6.07, 6.45) is 6.44. The molecule has 100 heavy (non-hydrogen) atoms. The van der Waals surface area contributed by atoms with Crippen molar-refractivity contribution in [2.75, 3.05) is 26.2 Å². The summed E-state index contributed by atoms with van der Waals surface area (Å²) in [6.45, 7) is 19.8. The van der Waals surface area contributed by atoms with Gasteiger partial charge >= 0.3 is 24.5 Å². The van der Waals surface area contributed by atoms with E-state index in [9.17, 15) is 55.1 Å². The molecule has 6 amide bonds. The summed E-state index contributed by atoms with van der Waals surface area (Å²) in [5, 5.41) is 20.2. The van der Waals surface area contributed by atoms with Crippen molar-refractivity contribution < 1.29 is 64.6 Å². The van der Waals surface area contributed by atoms with Crippen molar-refractivity contribution in [3.8, 4) is 44.5 Å². The first-order valence-electron chi connectivity index (χ1n) is 32.8. The molecule has 0 spiro atoms. The van der Waals surface area contributed by atoms with Crippen LogP contribution >= 0.6 is 0 Å². The number of pyridine rings is 2. The van der Waals surface area contributed by atoms with E-state index in [0.29, 0.717) is 70.7 Å². The topological polar surface area (TPSA) is 237 Å². The van der Waals surface area contributed by atoms with Gasteiger partial charge in [-0.1, -0.05) is 60.7 Å². The minimum absolute atomic E-state index is 0.0368. The lowest BCUT2D eigenvalue weighted by atomic mass is 9.95. The van der Waals surface area contributed by atoms with Gasteiger partial charge in [-0.3, -0.25) is 38.5 Å². The zero-order valence-electron chi connectivity index (χ0n) is 57.3. The molecule has 26 heteroatoms. The van der Waals surface area contributed by atoms with Gasteiger partial charge < -0.3 is 40.5 Å². The number of carbonyl (C=O) groups is 6. The van der Waals surface area contributed by atoms with Gasteiger partial charge in [0, 0.05) is 113 Å². The summed E-state index contributed by atoms with van der Waals surface area (Å²) in [6, 6.07) is 23.5. The summed E-state index contributed by atoms with van der Waals surface area (Å²) in [5.74, 6) is -0.527. The maximum Gasteiger partial charge on any atom is 0.416 e. The van der Waals surface area contributed by atoms with Crippen molar-refractivity contribution >= 4 is 35.8 Å². The number of nitrogens with one attached hydrogen (secondary N) is 4. The van der Waals surface area contributed by atoms with Crippen molar-refractivity contribution in [1.82, 2.24) is 60.6 Å². The monoisotopic (exact) mass is 1380 g/mol.